The summed E-state index contributed by atoms with van der Waals surface area (Å²) in [5.41, 5.74) is 6.42. The first kappa shape index (κ1) is 19.0. The summed E-state index contributed by atoms with van der Waals surface area (Å²) in [6.07, 6.45) is 1.21. The van der Waals surface area contributed by atoms with Crippen molar-refractivity contribution in [3.63, 3.8) is 0 Å². The molecule has 3 aromatic rings. The molecule has 4 heteroatoms. The highest BCUT2D eigenvalue weighted by atomic mass is 15.2. The highest BCUT2D eigenvalue weighted by Gasteiger charge is 2.15. The lowest BCUT2D eigenvalue weighted by Gasteiger charge is -2.32. The topological polar surface area (TPSA) is 23.4 Å². The molecule has 28 heavy (non-hydrogen) atoms. The monoisotopic (exact) mass is 376 g/mol. The lowest BCUT2D eigenvalue weighted by atomic mass is 10.1. The third kappa shape index (κ3) is 4.08. The van der Waals surface area contributed by atoms with Crippen molar-refractivity contribution in [2.45, 2.75) is 26.8 Å². The largest absolute Gasteiger partial charge is 0.356 e. The molecule has 1 aromatic heterocycles. The van der Waals surface area contributed by atoms with Gasteiger partial charge in [-0.2, -0.15) is 0 Å². The molecule has 0 spiro atoms. The second-order valence-electron chi connectivity index (χ2n) is 8.08. The summed E-state index contributed by atoms with van der Waals surface area (Å²) in [7, 11) is 2.22. The summed E-state index contributed by atoms with van der Waals surface area (Å²) in [6, 6.07) is 17.1. The molecule has 4 rings (SSSR count). The van der Waals surface area contributed by atoms with E-state index in [1.165, 1.54) is 61.3 Å². The van der Waals surface area contributed by atoms with Gasteiger partial charge in [-0.3, -0.25) is 0 Å². The summed E-state index contributed by atoms with van der Waals surface area (Å²) in [6.45, 7) is 11.6. The van der Waals surface area contributed by atoms with Gasteiger partial charge in [0, 0.05) is 60.7 Å². The average molecular weight is 377 g/mol. The minimum absolute atomic E-state index is 1.09. The van der Waals surface area contributed by atoms with Crippen molar-refractivity contribution in [2.24, 2.45) is 0 Å². The van der Waals surface area contributed by atoms with E-state index in [0.29, 0.717) is 0 Å². The lowest BCUT2D eigenvalue weighted by Crippen LogP contribution is -2.44. The van der Waals surface area contributed by atoms with Gasteiger partial charge in [0.15, 0.2) is 0 Å². The van der Waals surface area contributed by atoms with Gasteiger partial charge in [-0.25, -0.2) is 0 Å². The van der Waals surface area contributed by atoms with Crippen molar-refractivity contribution in [3.05, 3.63) is 59.8 Å². The number of fused-ring (bicyclic) bond motifs is 1. The number of aryl methyl sites for hydroxylation is 2. The molecule has 4 nitrogen and oxygen atoms in total. The smallest absolute Gasteiger partial charge is 0.0486 e. The van der Waals surface area contributed by atoms with Gasteiger partial charge in [0.25, 0.3) is 0 Å². The molecule has 2 aromatic carbocycles. The number of aromatic nitrogens is 1. The van der Waals surface area contributed by atoms with Crippen LogP contribution in [0.5, 0.6) is 0 Å². The van der Waals surface area contributed by atoms with Crippen LogP contribution in [0.1, 0.15) is 17.7 Å². The minimum Gasteiger partial charge on any atom is -0.356 e. The van der Waals surface area contributed by atoms with E-state index in [1.54, 1.807) is 0 Å². The number of hydrogen-bond donors (Lipinski definition) is 1. The Morgan fingerprint density at radius 3 is 2.36 bits per heavy atom. The van der Waals surface area contributed by atoms with Crippen LogP contribution in [0, 0.1) is 13.8 Å². The number of rotatable bonds is 6. The molecule has 1 aliphatic heterocycles. The van der Waals surface area contributed by atoms with Crippen LogP contribution in [0.4, 0.5) is 11.4 Å². The quantitative estimate of drug-likeness (QED) is 0.678. The molecule has 1 fully saturated rings. The molecule has 0 amide bonds. The van der Waals surface area contributed by atoms with Crippen LogP contribution in [0.15, 0.2) is 48.5 Å². The zero-order valence-electron chi connectivity index (χ0n) is 17.4. The predicted octanol–water partition coefficient (Wildman–Crippen LogP) is 4.64. The summed E-state index contributed by atoms with van der Waals surface area (Å²) < 4.78 is 2.51. The summed E-state index contributed by atoms with van der Waals surface area (Å²) in [4.78, 5) is 5.03. The van der Waals surface area contributed by atoms with Crippen LogP contribution >= 0.6 is 0 Å². The maximum Gasteiger partial charge on any atom is 0.0486 e. The average Bonchev–Trinajstić information content (AvgIpc) is 2.95. The van der Waals surface area contributed by atoms with Crippen LogP contribution in [0.3, 0.4) is 0 Å². The Kier molecular flexibility index (Phi) is 5.69. The number of para-hydroxylation sites is 1. The van der Waals surface area contributed by atoms with Gasteiger partial charge in [-0.1, -0.05) is 18.2 Å². The molecule has 0 atom stereocenters. The van der Waals surface area contributed by atoms with Crippen molar-refractivity contribution < 1.29 is 0 Å². The zero-order chi connectivity index (χ0) is 19.5. The van der Waals surface area contributed by atoms with E-state index in [2.05, 4.69) is 83.0 Å². The maximum atomic E-state index is 3.52. The van der Waals surface area contributed by atoms with Crippen molar-refractivity contribution in [1.82, 2.24) is 14.4 Å². The fraction of sp³-hybridized carbons (Fsp3) is 0.417. The lowest BCUT2D eigenvalue weighted by molar-refractivity contribution is 0.151. The number of hydrogen-bond acceptors (Lipinski definition) is 3. The molecule has 1 N–H and O–H groups in total. The fourth-order valence-corrected chi connectivity index (χ4v) is 4.23. The van der Waals surface area contributed by atoms with Crippen LogP contribution in [-0.4, -0.2) is 54.1 Å². The molecule has 1 aliphatic rings. The van der Waals surface area contributed by atoms with Crippen molar-refractivity contribution in [3.8, 4) is 0 Å². The highest BCUT2D eigenvalue weighted by molar-refractivity contribution is 5.89. The summed E-state index contributed by atoms with van der Waals surface area (Å²) >= 11 is 0. The number of anilines is 2. The van der Waals surface area contributed by atoms with Crippen molar-refractivity contribution in [2.75, 3.05) is 45.1 Å². The molecule has 1 saturated heterocycles. The molecular weight excluding hydrogens is 344 g/mol. The van der Waals surface area contributed by atoms with E-state index in [9.17, 15) is 0 Å². The SMILES string of the molecule is Cc1c(C)n(CCCN2CCN(C)CC2)c2ccc(Nc3ccccc3)cc12. The number of nitrogens with zero attached hydrogens (tertiary/aromatic N) is 3. The first-order chi connectivity index (χ1) is 13.6. The molecule has 0 bridgehead atoms. The third-order valence-electron chi connectivity index (χ3n) is 6.15. The second kappa shape index (κ2) is 8.38. The molecule has 0 unspecified atom stereocenters. The van der Waals surface area contributed by atoms with Crippen LogP contribution in [-0.2, 0) is 6.54 Å². The molecule has 0 radical (unpaired) electrons. The molecule has 0 aliphatic carbocycles. The summed E-state index contributed by atoms with van der Waals surface area (Å²) in [5.74, 6) is 0. The Labute approximate surface area is 168 Å². The normalized spacial score (nSPS) is 16.0. The Morgan fingerprint density at radius 2 is 1.61 bits per heavy atom. The van der Waals surface area contributed by atoms with Gasteiger partial charge in [-0.15, -0.1) is 0 Å². The number of piperazine rings is 1. The van der Waals surface area contributed by atoms with Crippen LogP contribution in [0.25, 0.3) is 10.9 Å². The number of likely N-dealkylation sites (N-methyl/N-ethyl adjacent to an activating group) is 1. The van der Waals surface area contributed by atoms with Gasteiger partial charge in [0.2, 0.25) is 0 Å². The highest BCUT2D eigenvalue weighted by Crippen LogP contribution is 2.29. The van der Waals surface area contributed by atoms with Gasteiger partial charge in [0.05, 0.1) is 0 Å². The van der Waals surface area contributed by atoms with Gasteiger partial charge < -0.3 is 19.7 Å². The number of nitrogens with one attached hydrogen (secondary N) is 1. The van der Waals surface area contributed by atoms with Crippen LogP contribution in [0.2, 0.25) is 0 Å². The van der Waals surface area contributed by atoms with E-state index in [1.807, 2.05) is 6.07 Å². The number of benzene rings is 2. The van der Waals surface area contributed by atoms with Crippen LogP contribution < -0.4 is 5.32 Å². The standard InChI is InChI=1S/C24H32N4/c1-19-20(2)28(13-7-12-27-16-14-26(3)15-17-27)24-11-10-22(18-23(19)24)25-21-8-5-4-6-9-21/h4-6,8-11,18,25H,7,12-17H2,1-3H3. The Bertz CT molecular complexity index is 921. The molecule has 148 valence electrons. The van der Waals surface area contributed by atoms with Gasteiger partial charge >= 0.3 is 0 Å². The molecule has 2 heterocycles. The summed E-state index contributed by atoms with van der Waals surface area (Å²) in [5, 5.41) is 4.88. The molecule has 0 saturated carbocycles. The first-order valence-corrected chi connectivity index (χ1v) is 10.4. The van der Waals surface area contributed by atoms with Crippen molar-refractivity contribution >= 4 is 22.3 Å². The van der Waals surface area contributed by atoms with E-state index in [0.717, 1.165) is 17.9 Å². The van der Waals surface area contributed by atoms with Gasteiger partial charge in [-0.05, 0) is 69.8 Å². The third-order valence-corrected chi connectivity index (χ3v) is 6.15. The van der Waals surface area contributed by atoms with E-state index in [4.69, 9.17) is 0 Å². The van der Waals surface area contributed by atoms with E-state index < -0.39 is 0 Å². The van der Waals surface area contributed by atoms with E-state index in [-0.39, 0.29) is 0 Å². The predicted molar refractivity (Wildman–Crippen MR) is 120 cm³/mol. The minimum atomic E-state index is 1.09. The Hall–Kier alpha value is -2.30. The Morgan fingerprint density at radius 1 is 0.857 bits per heavy atom. The van der Waals surface area contributed by atoms with Crippen molar-refractivity contribution in [1.29, 1.82) is 0 Å². The van der Waals surface area contributed by atoms with Gasteiger partial charge in [0.1, 0.15) is 0 Å². The fourth-order valence-electron chi connectivity index (χ4n) is 4.23. The van der Waals surface area contributed by atoms with E-state index >= 15 is 0 Å². The molecular formula is C24H32N4. The Balaban J connectivity index is 1.47. The second-order valence-corrected chi connectivity index (χ2v) is 8.08. The first-order valence-electron chi connectivity index (χ1n) is 10.4. The maximum absolute atomic E-state index is 3.52. The zero-order valence-corrected chi connectivity index (χ0v) is 17.4.